The van der Waals surface area contributed by atoms with Crippen molar-refractivity contribution in [3.05, 3.63) is 35.9 Å². The molecule has 1 rings (SSSR count). The summed E-state index contributed by atoms with van der Waals surface area (Å²) in [6.07, 6.45) is 1.20. The van der Waals surface area contributed by atoms with Gasteiger partial charge >= 0.3 is 0 Å². The zero-order valence-corrected chi connectivity index (χ0v) is 10.7. The van der Waals surface area contributed by atoms with E-state index in [1.165, 1.54) is 12.0 Å². The van der Waals surface area contributed by atoms with Gasteiger partial charge in [0.1, 0.15) is 0 Å². The van der Waals surface area contributed by atoms with Gasteiger partial charge in [-0.3, -0.25) is 0 Å². The predicted molar refractivity (Wildman–Crippen MR) is 74.4 cm³/mol. The van der Waals surface area contributed by atoms with E-state index >= 15 is 0 Å². The van der Waals surface area contributed by atoms with Crippen LogP contribution in [0.25, 0.3) is 0 Å². The van der Waals surface area contributed by atoms with Crippen molar-refractivity contribution in [3.8, 4) is 0 Å². The number of hydrogen-bond acceptors (Lipinski definition) is 0. The summed E-state index contributed by atoms with van der Waals surface area (Å²) in [5, 5.41) is 0. The van der Waals surface area contributed by atoms with E-state index in [1.54, 1.807) is 0 Å². The van der Waals surface area contributed by atoms with Crippen molar-refractivity contribution in [3.63, 3.8) is 0 Å². The predicted octanol–water partition coefficient (Wildman–Crippen LogP) is 5.57. The van der Waals surface area contributed by atoms with Gasteiger partial charge in [0.25, 0.3) is 0 Å². The van der Waals surface area contributed by atoms with Crippen molar-refractivity contribution in [2.45, 2.75) is 55.4 Å². The molecule has 0 saturated heterocycles. The molecule has 0 radical (unpaired) electrons. The third-order valence-electron chi connectivity index (χ3n) is 1.49. The minimum Gasteiger partial charge on any atom is -0.0776 e. The molecule has 0 aromatic heterocycles. The Morgan fingerprint density at radius 1 is 0.867 bits per heavy atom. The topological polar surface area (TPSA) is 0 Å². The van der Waals surface area contributed by atoms with Gasteiger partial charge in [-0.2, -0.15) is 0 Å². The first-order chi connectivity index (χ1) is 6.79. The molecule has 0 N–H and O–H groups in total. The molecule has 0 aliphatic carbocycles. The van der Waals surface area contributed by atoms with Gasteiger partial charge in [-0.1, -0.05) is 79.3 Å². The van der Waals surface area contributed by atoms with Crippen molar-refractivity contribution < 1.29 is 0 Å². The monoisotopic (exact) mass is 210 g/mol. The van der Waals surface area contributed by atoms with Crippen molar-refractivity contribution in [2.75, 3.05) is 0 Å². The molecule has 0 aliphatic rings. The van der Waals surface area contributed by atoms with Crippen molar-refractivity contribution in [1.82, 2.24) is 0 Å². The standard InChI is InChI=1S/C10H14.2C2H6.CH4/c1-9(2)8-10-6-4-3-5-7-10;2*1-2;/h3-7,9H,8H2,1-2H3;2*1-2H3;1H4. The van der Waals surface area contributed by atoms with Crippen LogP contribution in [-0.4, -0.2) is 0 Å². The van der Waals surface area contributed by atoms with Gasteiger partial charge in [0.05, 0.1) is 0 Å². The minimum atomic E-state index is 0. The maximum Gasteiger partial charge on any atom is -0.0256 e. The second-order valence-corrected chi connectivity index (χ2v) is 3.08. The molecular formula is C15H30. The lowest BCUT2D eigenvalue weighted by atomic mass is 10.0. The van der Waals surface area contributed by atoms with E-state index in [0.29, 0.717) is 0 Å². The van der Waals surface area contributed by atoms with Crippen LogP contribution in [-0.2, 0) is 6.42 Å². The Labute approximate surface area is 97.7 Å². The fourth-order valence-electron chi connectivity index (χ4n) is 1.09. The zero-order valence-electron chi connectivity index (χ0n) is 10.7. The molecule has 0 nitrogen and oxygen atoms in total. The Balaban J connectivity index is -0.000000258. The maximum atomic E-state index is 2.24. The first kappa shape index (κ1) is 19.7. The van der Waals surface area contributed by atoms with Gasteiger partial charge in [0.15, 0.2) is 0 Å². The molecule has 0 unspecified atom stereocenters. The normalized spacial score (nSPS) is 7.67. The summed E-state index contributed by atoms with van der Waals surface area (Å²) in [6, 6.07) is 10.6. The average Bonchev–Trinajstić information content (AvgIpc) is 2.24. The third-order valence-corrected chi connectivity index (χ3v) is 1.49. The van der Waals surface area contributed by atoms with Gasteiger partial charge in [-0.05, 0) is 17.9 Å². The molecule has 0 amide bonds. The molecule has 0 fully saturated rings. The Hall–Kier alpha value is -0.780. The van der Waals surface area contributed by atoms with Crippen LogP contribution in [0.5, 0.6) is 0 Å². The molecule has 0 heteroatoms. The minimum absolute atomic E-state index is 0. The fourth-order valence-corrected chi connectivity index (χ4v) is 1.09. The molecule has 0 saturated carbocycles. The summed E-state index contributed by atoms with van der Waals surface area (Å²) < 4.78 is 0. The average molecular weight is 210 g/mol. The van der Waals surface area contributed by atoms with Crippen molar-refractivity contribution in [2.24, 2.45) is 5.92 Å². The van der Waals surface area contributed by atoms with Gasteiger partial charge in [0.2, 0.25) is 0 Å². The quantitative estimate of drug-likeness (QED) is 0.598. The molecule has 0 bridgehead atoms. The number of benzene rings is 1. The number of hydrogen-bond donors (Lipinski definition) is 0. The molecule has 1 aromatic rings. The summed E-state index contributed by atoms with van der Waals surface area (Å²) in [5.74, 6) is 0.766. The van der Waals surface area contributed by atoms with Crippen LogP contribution in [0.15, 0.2) is 30.3 Å². The van der Waals surface area contributed by atoms with Crippen LogP contribution in [0, 0.1) is 5.92 Å². The zero-order chi connectivity index (χ0) is 11.4. The number of rotatable bonds is 2. The molecule has 15 heavy (non-hydrogen) atoms. The SMILES string of the molecule is C.CC.CC.CC(C)Cc1ccccc1. The van der Waals surface area contributed by atoms with Gasteiger partial charge < -0.3 is 0 Å². The Morgan fingerprint density at radius 3 is 1.60 bits per heavy atom. The van der Waals surface area contributed by atoms with Crippen LogP contribution < -0.4 is 0 Å². The van der Waals surface area contributed by atoms with Crippen LogP contribution >= 0.6 is 0 Å². The van der Waals surface area contributed by atoms with Crippen LogP contribution in [0.3, 0.4) is 0 Å². The first-order valence-electron chi connectivity index (χ1n) is 5.83. The summed E-state index contributed by atoms with van der Waals surface area (Å²) >= 11 is 0. The maximum absolute atomic E-state index is 2.24. The first-order valence-corrected chi connectivity index (χ1v) is 5.83. The molecule has 0 aliphatic heterocycles. The highest BCUT2D eigenvalue weighted by molar-refractivity contribution is 5.14. The highest BCUT2D eigenvalue weighted by atomic mass is 14.0. The van der Waals surface area contributed by atoms with Gasteiger partial charge in [0, 0.05) is 0 Å². The van der Waals surface area contributed by atoms with E-state index in [9.17, 15) is 0 Å². The van der Waals surface area contributed by atoms with Crippen LogP contribution in [0.4, 0.5) is 0 Å². The van der Waals surface area contributed by atoms with Gasteiger partial charge in [-0.15, -0.1) is 0 Å². The summed E-state index contributed by atoms with van der Waals surface area (Å²) in [5.41, 5.74) is 1.44. The second-order valence-electron chi connectivity index (χ2n) is 3.08. The Morgan fingerprint density at radius 2 is 1.27 bits per heavy atom. The van der Waals surface area contributed by atoms with Crippen LogP contribution in [0.2, 0.25) is 0 Å². The molecule has 1 aromatic carbocycles. The summed E-state index contributed by atoms with van der Waals surface area (Å²) in [7, 11) is 0. The highest BCUT2D eigenvalue weighted by Crippen LogP contribution is 2.05. The Kier molecular flexibility index (Phi) is 20.6. The van der Waals surface area contributed by atoms with E-state index in [4.69, 9.17) is 0 Å². The molecule has 0 atom stereocenters. The van der Waals surface area contributed by atoms with E-state index < -0.39 is 0 Å². The van der Waals surface area contributed by atoms with E-state index in [2.05, 4.69) is 44.2 Å². The smallest absolute Gasteiger partial charge is 0.0256 e. The Bertz CT molecular complexity index is 174. The van der Waals surface area contributed by atoms with E-state index in [-0.39, 0.29) is 7.43 Å². The van der Waals surface area contributed by atoms with E-state index in [0.717, 1.165) is 5.92 Å². The lowest BCUT2D eigenvalue weighted by Gasteiger charge is -2.02. The summed E-state index contributed by atoms with van der Waals surface area (Å²) in [4.78, 5) is 0. The third kappa shape index (κ3) is 13.2. The largest absolute Gasteiger partial charge is 0.0776 e. The molecule has 0 spiro atoms. The highest BCUT2D eigenvalue weighted by Gasteiger charge is 1.94. The van der Waals surface area contributed by atoms with Gasteiger partial charge in [-0.25, -0.2) is 0 Å². The molecule has 90 valence electrons. The molecule has 0 heterocycles. The second kappa shape index (κ2) is 15.7. The van der Waals surface area contributed by atoms with Crippen molar-refractivity contribution >= 4 is 0 Å². The fraction of sp³-hybridized carbons (Fsp3) is 0.600. The van der Waals surface area contributed by atoms with E-state index in [1.807, 2.05) is 27.7 Å². The summed E-state index contributed by atoms with van der Waals surface area (Å²) in [6.45, 7) is 12.5. The van der Waals surface area contributed by atoms with Crippen molar-refractivity contribution in [1.29, 1.82) is 0 Å². The molecular weight excluding hydrogens is 180 g/mol. The lowest BCUT2D eigenvalue weighted by Crippen LogP contribution is -1.92. The van der Waals surface area contributed by atoms with Crippen LogP contribution in [0.1, 0.15) is 54.5 Å². The lowest BCUT2D eigenvalue weighted by molar-refractivity contribution is 0.647.